The van der Waals surface area contributed by atoms with E-state index in [1.807, 2.05) is 18.2 Å². The molecular formula is C19H23ClN4O3. The van der Waals surface area contributed by atoms with Crippen LogP contribution in [-0.4, -0.2) is 65.2 Å². The number of aryl methyl sites for hydroxylation is 1. The van der Waals surface area contributed by atoms with Crippen LogP contribution in [-0.2, 0) is 0 Å². The van der Waals surface area contributed by atoms with Crippen molar-refractivity contribution in [2.24, 2.45) is 0 Å². The van der Waals surface area contributed by atoms with Crippen molar-refractivity contribution in [3.8, 4) is 5.75 Å². The van der Waals surface area contributed by atoms with E-state index in [2.05, 4.69) is 15.1 Å². The van der Waals surface area contributed by atoms with Gasteiger partial charge in [0.25, 0.3) is 11.5 Å². The van der Waals surface area contributed by atoms with Gasteiger partial charge < -0.3 is 9.64 Å². The van der Waals surface area contributed by atoms with Gasteiger partial charge in [-0.15, -0.1) is 0 Å². The molecule has 1 aliphatic rings. The minimum atomic E-state index is -0.432. The Morgan fingerprint density at radius 1 is 1.22 bits per heavy atom. The molecule has 0 atom stereocenters. The average molecular weight is 391 g/mol. The first-order valence-corrected chi connectivity index (χ1v) is 9.30. The fourth-order valence-corrected chi connectivity index (χ4v) is 3.25. The first kappa shape index (κ1) is 19.4. The van der Waals surface area contributed by atoms with Crippen LogP contribution < -0.4 is 10.3 Å². The van der Waals surface area contributed by atoms with Gasteiger partial charge in [-0.05, 0) is 31.5 Å². The molecule has 3 rings (SSSR count). The molecule has 27 heavy (non-hydrogen) atoms. The Morgan fingerprint density at radius 3 is 2.63 bits per heavy atom. The second kappa shape index (κ2) is 8.54. The van der Waals surface area contributed by atoms with E-state index >= 15 is 0 Å². The van der Waals surface area contributed by atoms with Crippen LogP contribution in [0.15, 0.2) is 29.1 Å². The molecule has 2 aromatic rings. The molecule has 1 saturated heterocycles. The summed E-state index contributed by atoms with van der Waals surface area (Å²) in [6.45, 7) is 7.43. The van der Waals surface area contributed by atoms with E-state index in [4.69, 9.17) is 16.3 Å². The number of nitrogens with zero attached hydrogens (tertiary/aromatic N) is 3. The molecule has 1 aromatic heterocycles. The average Bonchev–Trinajstić information content (AvgIpc) is 2.67. The lowest BCUT2D eigenvalue weighted by atomic mass is 10.1. The van der Waals surface area contributed by atoms with Gasteiger partial charge in [-0.25, -0.2) is 5.10 Å². The maximum atomic E-state index is 12.8. The fraction of sp³-hybridized carbons (Fsp3) is 0.421. The van der Waals surface area contributed by atoms with Crippen molar-refractivity contribution < 1.29 is 9.53 Å². The molecule has 1 aliphatic heterocycles. The molecule has 7 nitrogen and oxygen atoms in total. The number of para-hydroxylation sites is 1. The number of carbonyl (C=O) groups is 1. The second-order valence-corrected chi connectivity index (χ2v) is 6.96. The van der Waals surface area contributed by atoms with Crippen molar-refractivity contribution in [3.05, 3.63) is 56.5 Å². The Bertz CT molecular complexity index is 875. The number of ether oxygens (including phenoxy) is 1. The monoisotopic (exact) mass is 390 g/mol. The first-order chi connectivity index (χ1) is 13.0. The number of H-pyrrole nitrogens is 1. The Balaban J connectivity index is 1.52. The summed E-state index contributed by atoms with van der Waals surface area (Å²) in [6, 6.07) is 7.39. The van der Waals surface area contributed by atoms with Crippen LogP contribution in [0.2, 0.25) is 5.02 Å². The minimum absolute atomic E-state index is 0.193. The van der Waals surface area contributed by atoms with Crippen LogP contribution in [0, 0.1) is 13.8 Å². The number of halogens is 1. The number of aromatic amines is 1. The molecule has 8 heteroatoms. The standard InChI is InChI=1S/C19H23ClN4O3/c1-13-14(2)21-22-18(25)17(13)19(26)24-9-7-23(8-10-24)11-12-27-16-6-4-3-5-15(16)20/h3-6H,7-12H2,1-2H3,(H,22,25). The SMILES string of the molecule is Cc1n[nH]c(=O)c(C(=O)N2CCN(CCOc3ccccc3Cl)CC2)c1C. The van der Waals surface area contributed by atoms with Crippen molar-refractivity contribution in [2.75, 3.05) is 39.3 Å². The number of benzene rings is 1. The van der Waals surface area contributed by atoms with Crippen LogP contribution in [0.1, 0.15) is 21.6 Å². The third-order valence-electron chi connectivity index (χ3n) is 4.85. The molecule has 1 fully saturated rings. The summed E-state index contributed by atoms with van der Waals surface area (Å²) in [5.41, 5.74) is 1.06. The van der Waals surface area contributed by atoms with E-state index in [1.165, 1.54) is 0 Å². The van der Waals surface area contributed by atoms with Crippen LogP contribution in [0.25, 0.3) is 0 Å². The minimum Gasteiger partial charge on any atom is -0.491 e. The van der Waals surface area contributed by atoms with Crippen LogP contribution in [0.4, 0.5) is 0 Å². The smallest absolute Gasteiger partial charge is 0.277 e. The van der Waals surface area contributed by atoms with Gasteiger partial charge >= 0.3 is 0 Å². The van der Waals surface area contributed by atoms with Gasteiger partial charge in [0.2, 0.25) is 0 Å². The van der Waals surface area contributed by atoms with E-state index < -0.39 is 5.56 Å². The molecule has 0 spiro atoms. The predicted octanol–water partition coefficient (Wildman–Crippen LogP) is 1.88. The molecule has 144 valence electrons. The lowest BCUT2D eigenvalue weighted by molar-refractivity contribution is 0.0617. The fourth-order valence-electron chi connectivity index (χ4n) is 3.06. The van der Waals surface area contributed by atoms with Gasteiger partial charge in [-0.2, -0.15) is 5.10 Å². The summed E-state index contributed by atoms with van der Waals surface area (Å²) >= 11 is 6.08. The summed E-state index contributed by atoms with van der Waals surface area (Å²) in [7, 11) is 0. The van der Waals surface area contributed by atoms with Crippen LogP contribution in [0.3, 0.4) is 0 Å². The summed E-state index contributed by atoms with van der Waals surface area (Å²) in [5, 5.41) is 6.90. The zero-order chi connectivity index (χ0) is 19.4. The third kappa shape index (κ3) is 4.48. The maximum absolute atomic E-state index is 12.8. The number of hydrogen-bond acceptors (Lipinski definition) is 5. The highest BCUT2D eigenvalue weighted by Crippen LogP contribution is 2.23. The van der Waals surface area contributed by atoms with Crippen LogP contribution in [0.5, 0.6) is 5.75 Å². The van der Waals surface area contributed by atoms with Gasteiger partial charge in [0.15, 0.2) is 0 Å². The first-order valence-electron chi connectivity index (χ1n) is 8.92. The zero-order valence-electron chi connectivity index (χ0n) is 15.5. The lowest BCUT2D eigenvalue weighted by Crippen LogP contribution is -2.50. The third-order valence-corrected chi connectivity index (χ3v) is 5.16. The summed E-state index contributed by atoms with van der Waals surface area (Å²) in [6.07, 6.45) is 0. The largest absolute Gasteiger partial charge is 0.491 e. The normalized spacial score (nSPS) is 15.0. The molecule has 0 saturated carbocycles. The number of amides is 1. The molecule has 0 bridgehead atoms. The van der Waals surface area contributed by atoms with Crippen molar-refractivity contribution >= 4 is 17.5 Å². The maximum Gasteiger partial charge on any atom is 0.277 e. The van der Waals surface area contributed by atoms with E-state index in [1.54, 1.807) is 24.8 Å². The van der Waals surface area contributed by atoms with Gasteiger partial charge in [-0.1, -0.05) is 23.7 Å². The highest BCUT2D eigenvalue weighted by Gasteiger charge is 2.25. The molecule has 0 aliphatic carbocycles. The summed E-state index contributed by atoms with van der Waals surface area (Å²) < 4.78 is 5.72. The zero-order valence-corrected chi connectivity index (χ0v) is 16.3. The molecule has 1 N–H and O–H groups in total. The van der Waals surface area contributed by atoms with Gasteiger partial charge in [0.05, 0.1) is 10.7 Å². The quantitative estimate of drug-likeness (QED) is 0.843. The molecule has 1 amide bonds. The van der Waals surface area contributed by atoms with Crippen molar-refractivity contribution in [1.29, 1.82) is 0 Å². The van der Waals surface area contributed by atoms with E-state index in [-0.39, 0.29) is 11.5 Å². The summed E-state index contributed by atoms with van der Waals surface area (Å²) in [5.74, 6) is 0.446. The highest BCUT2D eigenvalue weighted by atomic mass is 35.5. The number of carbonyl (C=O) groups excluding carboxylic acids is 1. The predicted molar refractivity (Wildman–Crippen MR) is 104 cm³/mol. The van der Waals surface area contributed by atoms with Gasteiger partial charge in [-0.3, -0.25) is 14.5 Å². The number of hydrogen-bond donors (Lipinski definition) is 1. The van der Waals surface area contributed by atoms with Crippen molar-refractivity contribution in [2.45, 2.75) is 13.8 Å². The Labute approximate surface area is 162 Å². The molecule has 0 radical (unpaired) electrons. The number of rotatable bonds is 5. The lowest BCUT2D eigenvalue weighted by Gasteiger charge is -2.34. The Kier molecular flexibility index (Phi) is 6.13. The molecule has 2 heterocycles. The number of piperazine rings is 1. The van der Waals surface area contributed by atoms with Crippen molar-refractivity contribution in [3.63, 3.8) is 0 Å². The number of aromatic nitrogens is 2. The summed E-state index contributed by atoms with van der Waals surface area (Å²) in [4.78, 5) is 28.8. The number of nitrogens with one attached hydrogen (secondary N) is 1. The topological polar surface area (TPSA) is 78.5 Å². The Morgan fingerprint density at radius 2 is 1.93 bits per heavy atom. The van der Waals surface area contributed by atoms with E-state index in [9.17, 15) is 9.59 Å². The van der Waals surface area contributed by atoms with E-state index in [0.29, 0.717) is 41.7 Å². The Hall–Kier alpha value is -2.38. The molecule has 0 unspecified atom stereocenters. The van der Waals surface area contributed by atoms with Gasteiger partial charge in [0, 0.05) is 32.7 Å². The molecular weight excluding hydrogens is 368 g/mol. The van der Waals surface area contributed by atoms with E-state index in [0.717, 1.165) is 19.6 Å². The van der Waals surface area contributed by atoms with Crippen molar-refractivity contribution in [1.82, 2.24) is 20.0 Å². The second-order valence-electron chi connectivity index (χ2n) is 6.55. The van der Waals surface area contributed by atoms with Crippen LogP contribution >= 0.6 is 11.6 Å². The highest BCUT2D eigenvalue weighted by molar-refractivity contribution is 6.32. The molecule has 1 aromatic carbocycles. The van der Waals surface area contributed by atoms with Gasteiger partial charge in [0.1, 0.15) is 17.9 Å².